The van der Waals surface area contributed by atoms with E-state index >= 15 is 0 Å². The fourth-order valence-corrected chi connectivity index (χ4v) is 4.06. The van der Waals surface area contributed by atoms with E-state index in [9.17, 15) is 4.79 Å². The molecule has 0 radical (unpaired) electrons. The number of pyridine rings is 1. The number of carbonyl (C=O) groups excluding carboxylic acids is 1. The number of thioether (sulfide) groups is 1. The summed E-state index contributed by atoms with van der Waals surface area (Å²) >= 11 is 3.01. The maximum atomic E-state index is 12.2. The highest BCUT2D eigenvalue weighted by molar-refractivity contribution is 8.18. The summed E-state index contributed by atoms with van der Waals surface area (Å²) in [6, 6.07) is 11.7. The Labute approximate surface area is 158 Å². The van der Waals surface area contributed by atoms with Gasteiger partial charge in [-0.2, -0.15) is 0 Å². The van der Waals surface area contributed by atoms with Gasteiger partial charge in [0.25, 0.3) is 5.91 Å². The molecule has 130 valence electrons. The van der Waals surface area contributed by atoms with Crippen LogP contribution in [0.15, 0.2) is 57.9 Å². The first kappa shape index (κ1) is 16.8. The standard InChI is InChI=1S/C19H15N3O2S2/c1-24-16-6-7-20-15-5-4-12(9-14(15)16)10-17-18(23)22-19(26-17)21-11-13-3-2-8-25-13/h2-10H,11H2,1H3,(H,21,22,23). The van der Waals surface area contributed by atoms with E-state index in [0.717, 1.165) is 22.2 Å². The van der Waals surface area contributed by atoms with Crippen LogP contribution in [0.2, 0.25) is 0 Å². The number of amides is 1. The summed E-state index contributed by atoms with van der Waals surface area (Å²) in [5.74, 6) is 0.634. The lowest BCUT2D eigenvalue weighted by atomic mass is 10.1. The molecule has 0 aliphatic carbocycles. The number of carbonyl (C=O) groups is 1. The minimum atomic E-state index is -0.127. The van der Waals surface area contributed by atoms with E-state index in [-0.39, 0.29) is 5.91 Å². The third-order valence-corrected chi connectivity index (χ3v) is 5.66. The van der Waals surface area contributed by atoms with Crippen molar-refractivity contribution in [1.82, 2.24) is 10.3 Å². The van der Waals surface area contributed by atoms with E-state index in [2.05, 4.69) is 15.3 Å². The highest BCUT2D eigenvalue weighted by atomic mass is 32.2. The second-order valence-corrected chi connectivity index (χ2v) is 7.62. The second kappa shape index (κ2) is 7.31. The van der Waals surface area contributed by atoms with Gasteiger partial charge in [-0.25, -0.2) is 0 Å². The summed E-state index contributed by atoms with van der Waals surface area (Å²) in [4.78, 5) is 22.8. The molecule has 5 nitrogen and oxygen atoms in total. The van der Waals surface area contributed by atoms with Crippen molar-refractivity contribution in [1.29, 1.82) is 0 Å². The lowest BCUT2D eigenvalue weighted by Gasteiger charge is -2.05. The first-order chi connectivity index (χ1) is 12.7. The lowest BCUT2D eigenvalue weighted by Crippen LogP contribution is -2.19. The summed E-state index contributed by atoms with van der Waals surface area (Å²) < 4.78 is 5.39. The van der Waals surface area contributed by atoms with Crippen molar-refractivity contribution in [3.05, 3.63) is 63.3 Å². The highest BCUT2D eigenvalue weighted by Crippen LogP contribution is 2.29. The number of nitrogens with zero attached hydrogens (tertiary/aromatic N) is 2. The van der Waals surface area contributed by atoms with Crippen molar-refractivity contribution < 1.29 is 9.53 Å². The molecular weight excluding hydrogens is 366 g/mol. The molecule has 7 heteroatoms. The number of thiophene rings is 1. The van der Waals surface area contributed by atoms with Gasteiger partial charge >= 0.3 is 0 Å². The van der Waals surface area contributed by atoms with Crippen LogP contribution in [0.1, 0.15) is 10.4 Å². The SMILES string of the molecule is COc1ccnc2ccc(C=C3SC(=NCc4cccs4)NC3=O)cc12. The first-order valence-corrected chi connectivity index (χ1v) is 9.63. The number of benzene rings is 1. The molecule has 26 heavy (non-hydrogen) atoms. The minimum Gasteiger partial charge on any atom is -0.496 e. The molecule has 0 spiro atoms. The van der Waals surface area contributed by atoms with E-state index < -0.39 is 0 Å². The van der Waals surface area contributed by atoms with Crippen LogP contribution in [0.3, 0.4) is 0 Å². The van der Waals surface area contributed by atoms with Gasteiger partial charge in [-0.3, -0.25) is 14.8 Å². The molecule has 1 saturated heterocycles. The van der Waals surface area contributed by atoms with Crippen molar-refractivity contribution >= 4 is 51.2 Å². The fraction of sp³-hybridized carbons (Fsp3) is 0.105. The Balaban J connectivity index is 1.59. The van der Waals surface area contributed by atoms with Gasteiger partial charge in [0.15, 0.2) is 5.17 Å². The zero-order valence-electron chi connectivity index (χ0n) is 13.9. The average Bonchev–Trinajstić information content (AvgIpc) is 3.29. The first-order valence-electron chi connectivity index (χ1n) is 7.93. The van der Waals surface area contributed by atoms with Gasteiger partial charge in [0, 0.05) is 16.5 Å². The Morgan fingerprint density at radius 1 is 1.31 bits per heavy atom. The fourth-order valence-electron chi connectivity index (χ4n) is 2.61. The van der Waals surface area contributed by atoms with Crippen molar-refractivity contribution in [3.8, 4) is 5.75 Å². The smallest absolute Gasteiger partial charge is 0.264 e. The number of aliphatic imine (C=N–C) groups is 1. The second-order valence-electron chi connectivity index (χ2n) is 5.56. The zero-order valence-corrected chi connectivity index (χ0v) is 15.6. The maximum absolute atomic E-state index is 12.2. The summed E-state index contributed by atoms with van der Waals surface area (Å²) in [5.41, 5.74) is 1.77. The quantitative estimate of drug-likeness (QED) is 0.692. The molecule has 0 unspecified atom stereocenters. The van der Waals surface area contributed by atoms with E-state index in [1.807, 2.05) is 47.9 Å². The Kier molecular flexibility index (Phi) is 4.73. The Morgan fingerprint density at radius 2 is 2.23 bits per heavy atom. The zero-order chi connectivity index (χ0) is 17.9. The monoisotopic (exact) mass is 381 g/mol. The van der Waals surface area contributed by atoms with Gasteiger partial charge in [-0.1, -0.05) is 12.1 Å². The van der Waals surface area contributed by atoms with Gasteiger partial charge in [-0.15, -0.1) is 11.3 Å². The third kappa shape index (κ3) is 3.49. The third-order valence-electron chi connectivity index (χ3n) is 3.85. The van der Waals surface area contributed by atoms with Gasteiger partial charge in [-0.05, 0) is 53.0 Å². The average molecular weight is 381 g/mol. The number of ether oxygens (including phenoxy) is 1. The molecule has 0 atom stereocenters. The molecular formula is C19H15N3O2S2. The molecule has 0 saturated carbocycles. The van der Waals surface area contributed by atoms with E-state index in [0.29, 0.717) is 16.6 Å². The molecule has 1 aliphatic heterocycles. The minimum absolute atomic E-state index is 0.127. The number of methoxy groups -OCH3 is 1. The number of hydrogen-bond acceptors (Lipinski definition) is 6. The number of amidine groups is 1. The van der Waals surface area contributed by atoms with Crippen molar-refractivity contribution in [2.45, 2.75) is 6.54 Å². The number of rotatable bonds is 4. The summed E-state index contributed by atoms with van der Waals surface area (Å²) in [7, 11) is 1.64. The molecule has 1 fully saturated rings. The van der Waals surface area contributed by atoms with Crippen molar-refractivity contribution in [2.24, 2.45) is 4.99 Å². The predicted octanol–water partition coefficient (Wildman–Crippen LogP) is 4.07. The molecule has 1 amide bonds. The van der Waals surface area contributed by atoms with E-state index in [4.69, 9.17) is 4.74 Å². The summed E-state index contributed by atoms with van der Waals surface area (Å²) in [6.07, 6.45) is 3.58. The van der Waals surface area contributed by atoms with Crippen LogP contribution < -0.4 is 10.1 Å². The highest BCUT2D eigenvalue weighted by Gasteiger charge is 2.23. The number of aromatic nitrogens is 1. The van der Waals surface area contributed by atoms with Crippen molar-refractivity contribution in [3.63, 3.8) is 0 Å². The molecule has 0 bridgehead atoms. The van der Waals surface area contributed by atoms with Crippen LogP contribution in [0.4, 0.5) is 0 Å². The lowest BCUT2D eigenvalue weighted by molar-refractivity contribution is -0.115. The van der Waals surface area contributed by atoms with Crippen LogP contribution >= 0.6 is 23.1 Å². The number of fused-ring (bicyclic) bond motifs is 1. The van der Waals surface area contributed by atoms with Crippen LogP contribution in [-0.2, 0) is 11.3 Å². The van der Waals surface area contributed by atoms with Crippen LogP contribution in [-0.4, -0.2) is 23.2 Å². The van der Waals surface area contributed by atoms with Crippen LogP contribution in [0.5, 0.6) is 5.75 Å². The van der Waals surface area contributed by atoms with Gasteiger partial charge < -0.3 is 10.1 Å². The summed E-state index contributed by atoms with van der Waals surface area (Å²) in [5, 5.41) is 6.39. The topological polar surface area (TPSA) is 63.6 Å². The van der Waals surface area contributed by atoms with Crippen LogP contribution in [0.25, 0.3) is 17.0 Å². The molecule has 3 heterocycles. The van der Waals surface area contributed by atoms with Gasteiger partial charge in [0.1, 0.15) is 5.75 Å². The van der Waals surface area contributed by atoms with Gasteiger partial charge in [0.05, 0.1) is 24.1 Å². The van der Waals surface area contributed by atoms with Crippen molar-refractivity contribution in [2.75, 3.05) is 7.11 Å². The molecule has 1 N–H and O–H groups in total. The number of hydrogen-bond donors (Lipinski definition) is 1. The predicted molar refractivity (Wildman–Crippen MR) is 107 cm³/mol. The maximum Gasteiger partial charge on any atom is 0.264 e. The van der Waals surface area contributed by atoms with Crippen LogP contribution in [0, 0.1) is 0 Å². The molecule has 1 aromatic carbocycles. The van der Waals surface area contributed by atoms with E-state index in [1.54, 1.807) is 24.6 Å². The normalized spacial score (nSPS) is 17.2. The summed E-state index contributed by atoms with van der Waals surface area (Å²) in [6.45, 7) is 0.576. The number of nitrogens with one attached hydrogen (secondary N) is 1. The molecule has 3 aromatic rings. The largest absolute Gasteiger partial charge is 0.496 e. The Morgan fingerprint density at radius 3 is 3.04 bits per heavy atom. The Bertz CT molecular complexity index is 1030. The molecule has 1 aliphatic rings. The molecule has 4 rings (SSSR count). The van der Waals surface area contributed by atoms with Gasteiger partial charge in [0.2, 0.25) is 0 Å². The Hall–Kier alpha value is -2.64. The molecule has 2 aromatic heterocycles. The van der Waals surface area contributed by atoms with E-state index in [1.165, 1.54) is 16.6 Å².